The number of hydrogen-bond acceptors (Lipinski definition) is 4. The molecule has 6 heteroatoms. The van der Waals surface area contributed by atoms with Crippen LogP contribution >= 0.6 is 0 Å². The van der Waals surface area contributed by atoms with Crippen LogP contribution in [-0.4, -0.2) is 27.2 Å². The number of aryl methyl sites for hydroxylation is 1. The summed E-state index contributed by atoms with van der Waals surface area (Å²) in [6, 6.07) is 9.91. The van der Waals surface area contributed by atoms with Crippen LogP contribution in [0.2, 0.25) is 0 Å². The van der Waals surface area contributed by atoms with Crippen molar-refractivity contribution in [1.29, 1.82) is 0 Å². The van der Waals surface area contributed by atoms with E-state index in [9.17, 15) is 4.79 Å². The topological polar surface area (TPSA) is 71.9 Å². The predicted octanol–water partition coefficient (Wildman–Crippen LogP) is 1.88. The van der Waals surface area contributed by atoms with Gasteiger partial charge in [-0.2, -0.15) is 0 Å². The maximum absolute atomic E-state index is 12.3. The normalized spacial score (nSPS) is 20.7. The molecule has 0 radical (unpaired) electrons. The molecule has 0 aliphatic carbocycles. The van der Waals surface area contributed by atoms with E-state index in [0.717, 1.165) is 28.7 Å². The van der Waals surface area contributed by atoms with Crippen LogP contribution in [0.25, 0.3) is 10.9 Å². The number of nitrogens with zero attached hydrogens (tertiary/aromatic N) is 2. The summed E-state index contributed by atoms with van der Waals surface area (Å²) in [5.41, 5.74) is 1.55. The summed E-state index contributed by atoms with van der Waals surface area (Å²) in [5.74, 6) is 0.914. The Morgan fingerprint density at radius 1 is 1.42 bits per heavy atom. The van der Waals surface area contributed by atoms with Gasteiger partial charge in [-0.05, 0) is 23.9 Å². The van der Waals surface area contributed by atoms with Crippen molar-refractivity contribution in [2.75, 3.05) is 6.61 Å². The zero-order chi connectivity index (χ0) is 16.5. The smallest absolute Gasteiger partial charge is 0.252 e. The van der Waals surface area contributed by atoms with Gasteiger partial charge in [0.05, 0.1) is 0 Å². The molecule has 2 atom stereocenters. The van der Waals surface area contributed by atoms with Crippen molar-refractivity contribution in [3.63, 3.8) is 0 Å². The third kappa shape index (κ3) is 2.74. The lowest BCUT2D eigenvalue weighted by molar-refractivity contribution is 0.0893. The Morgan fingerprint density at radius 3 is 3.12 bits per heavy atom. The lowest BCUT2D eigenvalue weighted by Gasteiger charge is -2.19. The predicted molar refractivity (Wildman–Crippen MR) is 91.7 cm³/mol. The molecule has 0 unspecified atom stereocenters. The molecular weight excluding hydrogens is 304 g/mol. The van der Waals surface area contributed by atoms with Crippen molar-refractivity contribution in [3.8, 4) is 0 Å². The molecule has 2 N–H and O–H groups in total. The van der Waals surface area contributed by atoms with Crippen LogP contribution in [-0.2, 0) is 18.3 Å². The number of benzene rings is 1. The number of aromatic amines is 1. The van der Waals surface area contributed by atoms with Gasteiger partial charge in [-0.25, -0.2) is 4.98 Å². The van der Waals surface area contributed by atoms with Gasteiger partial charge in [-0.1, -0.05) is 18.2 Å². The molecule has 0 saturated carbocycles. The molecule has 4 rings (SSSR count). The first-order chi connectivity index (χ1) is 11.7. The average Bonchev–Trinajstić information content (AvgIpc) is 3.21. The molecule has 1 saturated heterocycles. The van der Waals surface area contributed by atoms with Crippen LogP contribution in [0.4, 0.5) is 0 Å². The zero-order valence-electron chi connectivity index (χ0n) is 13.5. The quantitative estimate of drug-likeness (QED) is 0.769. The molecule has 3 aromatic rings. The van der Waals surface area contributed by atoms with Gasteiger partial charge in [-0.15, -0.1) is 0 Å². The fourth-order valence-corrected chi connectivity index (χ4v) is 3.27. The van der Waals surface area contributed by atoms with Gasteiger partial charge in [0.2, 0.25) is 0 Å². The Hall–Kier alpha value is -2.44. The van der Waals surface area contributed by atoms with E-state index in [0.29, 0.717) is 13.2 Å². The van der Waals surface area contributed by atoms with Crippen LogP contribution in [0.1, 0.15) is 23.9 Å². The van der Waals surface area contributed by atoms with Crippen LogP contribution in [0.5, 0.6) is 0 Å². The van der Waals surface area contributed by atoms with Gasteiger partial charge in [-0.3, -0.25) is 4.79 Å². The Labute approximate surface area is 139 Å². The maximum atomic E-state index is 12.3. The molecule has 0 spiro atoms. The number of aromatic nitrogens is 3. The summed E-state index contributed by atoms with van der Waals surface area (Å²) >= 11 is 0. The van der Waals surface area contributed by atoms with E-state index in [-0.39, 0.29) is 17.7 Å². The Balaban J connectivity index is 1.53. The van der Waals surface area contributed by atoms with Gasteiger partial charge in [0.1, 0.15) is 11.9 Å². The fraction of sp³-hybridized carbons (Fsp3) is 0.333. The molecule has 1 aromatic carbocycles. The fourth-order valence-electron chi connectivity index (χ4n) is 3.27. The number of H-pyrrole nitrogens is 1. The van der Waals surface area contributed by atoms with Gasteiger partial charge in [0.25, 0.3) is 5.56 Å². The number of ether oxygens (including phenoxy) is 1. The lowest BCUT2D eigenvalue weighted by Crippen LogP contribution is -2.34. The van der Waals surface area contributed by atoms with E-state index in [1.807, 2.05) is 48.1 Å². The van der Waals surface area contributed by atoms with Crippen LogP contribution in [0.3, 0.4) is 0 Å². The molecule has 0 bridgehead atoms. The van der Waals surface area contributed by atoms with Crippen molar-refractivity contribution in [2.24, 2.45) is 7.05 Å². The first-order valence-electron chi connectivity index (χ1n) is 8.15. The molecule has 0 amide bonds. The molecule has 3 heterocycles. The number of hydrogen-bond donors (Lipinski definition) is 2. The number of fused-ring (bicyclic) bond motifs is 1. The highest BCUT2D eigenvalue weighted by Gasteiger charge is 2.32. The molecule has 6 nitrogen and oxygen atoms in total. The van der Waals surface area contributed by atoms with Gasteiger partial charge < -0.3 is 19.6 Å². The molecule has 2 aromatic heterocycles. The van der Waals surface area contributed by atoms with Gasteiger partial charge in [0.15, 0.2) is 0 Å². The monoisotopic (exact) mass is 324 g/mol. The summed E-state index contributed by atoms with van der Waals surface area (Å²) in [4.78, 5) is 19.6. The average molecular weight is 324 g/mol. The van der Waals surface area contributed by atoms with Crippen LogP contribution < -0.4 is 10.9 Å². The van der Waals surface area contributed by atoms with Crippen molar-refractivity contribution >= 4 is 10.9 Å². The molecule has 1 fully saturated rings. The molecule has 1 aliphatic rings. The van der Waals surface area contributed by atoms with E-state index < -0.39 is 0 Å². The number of para-hydroxylation sites is 1. The van der Waals surface area contributed by atoms with Gasteiger partial charge in [0, 0.05) is 49.7 Å². The highest BCUT2D eigenvalue weighted by atomic mass is 16.5. The van der Waals surface area contributed by atoms with E-state index in [1.165, 1.54) is 0 Å². The SMILES string of the molecule is Cn1ccnc1[C@H]1OCC[C@@H]1NCc1cc2ccccc2[nH]c1=O. The number of imidazole rings is 1. The second-order valence-electron chi connectivity index (χ2n) is 6.17. The maximum Gasteiger partial charge on any atom is 0.252 e. The van der Waals surface area contributed by atoms with Crippen molar-refractivity contribution < 1.29 is 4.74 Å². The lowest BCUT2D eigenvalue weighted by atomic mass is 10.1. The second kappa shape index (κ2) is 6.22. The number of nitrogens with one attached hydrogen (secondary N) is 2. The minimum absolute atomic E-state index is 0.0475. The second-order valence-corrected chi connectivity index (χ2v) is 6.17. The number of rotatable bonds is 4. The molecule has 124 valence electrons. The molecular formula is C18H20N4O2. The third-order valence-electron chi connectivity index (χ3n) is 4.59. The van der Waals surface area contributed by atoms with Crippen LogP contribution in [0.15, 0.2) is 47.5 Å². The highest BCUT2D eigenvalue weighted by Crippen LogP contribution is 2.27. The third-order valence-corrected chi connectivity index (χ3v) is 4.59. The van der Waals surface area contributed by atoms with Crippen molar-refractivity contribution in [1.82, 2.24) is 19.9 Å². The Bertz CT molecular complexity index is 915. The minimum Gasteiger partial charge on any atom is -0.369 e. The van der Waals surface area contributed by atoms with E-state index in [2.05, 4.69) is 15.3 Å². The van der Waals surface area contributed by atoms with E-state index in [1.54, 1.807) is 6.20 Å². The zero-order valence-corrected chi connectivity index (χ0v) is 13.5. The summed E-state index contributed by atoms with van der Waals surface area (Å²) in [7, 11) is 1.97. The Kier molecular flexibility index (Phi) is 3.92. The summed E-state index contributed by atoms with van der Waals surface area (Å²) in [5, 5.41) is 4.51. The largest absolute Gasteiger partial charge is 0.369 e. The van der Waals surface area contributed by atoms with Crippen molar-refractivity contribution in [2.45, 2.75) is 25.1 Å². The first kappa shape index (κ1) is 15.1. The van der Waals surface area contributed by atoms with Crippen molar-refractivity contribution in [3.05, 3.63) is 64.5 Å². The summed E-state index contributed by atoms with van der Waals surface area (Å²) < 4.78 is 7.83. The molecule has 1 aliphatic heterocycles. The van der Waals surface area contributed by atoms with Gasteiger partial charge >= 0.3 is 0 Å². The van der Waals surface area contributed by atoms with E-state index >= 15 is 0 Å². The van der Waals surface area contributed by atoms with E-state index in [4.69, 9.17) is 4.74 Å². The first-order valence-corrected chi connectivity index (χ1v) is 8.15. The minimum atomic E-state index is -0.0791. The highest BCUT2D eigenvalue weighted by molar-refractivity contribution is 5.78. The standard InChI is InChI=1S/C18H20N4O2/c1-22-8-7-19-17(22)16-15(6-9-24-16)20-11-13-10-12-4-2-3-5-14(12)21-18(13)23/h2-5,7-8,10,15-16,20H,6,9,11H2,1H3,(H,21,23)/t15-,16-/m0/s1. The number of pyridine rings is 1. The Morgan fingerprint density at radius 2 is 2.29 bits per heavy atom. The summed E-state index contributed by atoms with van der Waals surface area (Å²) in [6.45, 7) is 1.21. The summed E-state index contributed by atoms with van der Waals surface area (Å²) in [6.07, 6.45) is 4.53. The van der Waals surface area contributed by atoms with Crippen LogP contribution in [0, 0.1) is 0 Å². The molecule has 24 heavy (non-hydrogen) atoms.